The molecule has 0 unspecified atom stereocenters. The molecule has 1 aliphatic carbocycles. The quantitative estimate of drug-likeness (QED) is 0.752. The van der Waals surface area contributed by atoms with Crippen LogP contribution < -0.4 is 0 Å². The molecule has 0 fully saturated rings. The van der Waals surface area contributed by atoms with E-state index in [0.717, 1.165) is 0 Å². The number of benzene rings is 1. The summed E-state index contributed by atoms with van der Waals surface area (Å²) in [5, 5.41) is 7.91. The van der Waals surface area contributed by atoms with Gasteiger partial charge in [0.15, 0.2) is 0 Å². The molecular weight excluding hydrogens is 226 g/mol. The van der Waals surface area contributed by atoms with Gasteiger partial charge in [0.2, 0.25) is 0 Å². The summed E-state index contributed by atoms with van der Waals surface area (Å²) in [6, 6.07) is 10.5. The van der Waals surface area contributed by atoms with Gasteiger partial charge in [0.05, 0.1) is 12.7 Å². The van der Waals surface area contributed by atoms with Crippen LogP contribution in [0.25, 0.3) is 0 Å². The van der Waals surface area contributed by atoms with Gasteiger partial charge in [0.1, 0.15) is 6.42 Å². The van der Waals surface area contributed by atoms with Crippen LogP contribution in [0, 0.1) is 11.3 Å². The molecule has 1 aliphatic rings. The maximum Gasteiger partial charge on any atom is 0.320 e. The Bertz CT molecular complexity index is 396. The number of nitrogens with zero attached hydrogens (tertiary/aromatic N) is 1. The van der Waals surface area contributed by atoms with Crippen molar-refractivity contribution in [2.24, 2.45) is 0 Å². The summed E-state index contributed by atoms with van der Waals surface area (Å²) < 4.78 is 4.42. The summed E-state index contributed by atoms with van der Waals surface area (Å²) in [5.41, 5.74) is 3.16. The number of nitriles is 1. The van der Waals surface area contributed by atoms with Crippen molar-refractivity contribution in [3.8, 4) is 6.07 Å². The molecule has 0 saturated heterocycles. The standard InChI is InChI=1S/C10H12.C5H7NO2/c1-2-6-10-8-4-3-7-9(10)5-1;1-2-8-5(7)3-4-6/h1-2,5-6H,3-4,7-8H2;2-3H2,1H3. The van der Waals surface area contributed by atoms with E-state index in [1.165, 1.54) is 25.7 Å². The van der Waals surface area contributed by atoms with Crippen LogP contribution in [0.2, 0.25) is 0 Å². The molecule has 3 nitrogen and oxygen atoms in total. The average Bonchev–Trinajstić information content (AvgIpc) is 2.40. The zero-order valence-corrected chi connectivity index (χ0v) is 10.8. The fourth-order valence-electron chi connectivity index (χ4n) is 1.95. The predicted molar refractivity (Wildman–Crippen MR) is 69.9 cm³/mol. The second-order valence-corrected chi connectivity index (χ2v) is 4.12. The first kappa shape index (κ1) is 14.2. The van der Waals surface area contributed by atoms with Gasteiger partial charge in [-0.3, -0.25) is 4.79 Å². The molecule has 2 rings (SSSR count). The van der Waals surface area contributed by atoms with Gasteiger partial charge in [-0.2, -0.15) is 5.26 Å². The normalized spacial score (nSPS) is 12.4. The Morgan fingerprint density at radius 3 is 2.28 bits per heavy atom. The first-order valence-corrected chi connectivity index (χ1v) is 6.37. The summed E-state index contributed by atoms with van der Waals surface area (Å²) >= 11 is 0. The van der Waals surface area contributed by atoms with Crippen LogP contribution in [-0.4, -0.2) is 12.6 Å². The molecule has 0 bridgehead atoms. The molecule has 18 heavy (non-hydrogen) atoms. The van der Waals surface area contributed by atoms with Gasteiger partial charge < -0.3 is 4.74 Å². The van der Waals surface area contributed by atoms with E-state index < -0.39 is 5.97 Å². The van der Waals surface area contributed by atoms with Gasteiger partial charge >= 0.3 is 5.97 Å². The molecule has 0 aliphatic heterocycles. The Labute approximate surface area is 108 Å². The number of rotatable bonds is 2. The minimum atomic E-state index is -0.449. The number of ether oxygens (including phenoxy) is 1. The van der Waals surface area contributed by atoms with Crippen molar-refractivity contribution < 1.29 is 9.53 Å². The SMILES string of the molecule is CCOC(=O)CC#N.c1ccc2c(c1)CCCC2. The lowest BCUT2D eigenvalue weighted by molar-refractivity contribution is -0.141. The fraction of sp³-hybridized carbons (Fsp3) is 0.467. The highest BCUT2D eigenvalue weighted by Gasteiger charge is 2.05. The van der Waals surface area contributed by atoms with Crippen LogP contribution in [-0.2, 0) is 22.4 Å². The third kappa shape index (κ3) is 5.01. The zero-order chi connectivity index (χ0) is 13.2. The van der Waals surface area contributed by atoms with Crippen LogP contribution in [0.15, 0.2) is 24.3 Å². The van der Waals surface area contributed by atoms with Crippen molar-refractivity contribution in [2.45, 2.75) is 39.0 Å². The van der Waals surface area contributed by atoms with E-state index in [9.17, 15) is 4.79 Å². The third-order valence-corrected chi connectivity index (χ3v) is 2.79. The Hall–Kier alpha value is -1.82. The highest BCUT2D eigenvalue weighted by molar-refractivity contribution is 5.71. The lowest BCUT2D eigenvalue weighted by Gasteiger charge is -2.13. The smallest absolute Gasteiger partial charge is 0.320 e. The molecule has 96 valence electrons. The lowest BCUT2D eigenvalue weighted by atomic mass is 9.92. The first-order chi connectivity index (χ1) is 8.77. The van der Waals surface area contributed by atoms with E-state index in [2.05, 4.69) is 29.0 Å². The number of carbonyl (C=O) groups is 1. The number of hydrogen-bond acceptors (Lipinski definition) is 3. The molecule has 0 N–H and O–H groups in total. The molecule has 0 spiro atoms. The third-order valence-electron chi connectivity index (χ3n) is 2.79. The van der Waals surface area contributed by atoms with Gasteiger partial charge in [-0.15, -0.1) is 0 Å². The molecule has 1 aromatic rings. The van der Waals surface area contributed by atoms with Gasteiger partial charge in [-0.25, -0.2) is 0 Å². The Morgan fingerprint density at radius 2 is 1.83 bits per heavy atom. The molecule has 0 aromatic heterocycles. The molecule has 0 radical (unpaired) electrons. The van der Waals surface area contributed by atoms with Gasteiger partial charge in [0.25, 0.3) is 0 Å². The highest BCUT2D eigenvalue weighted by atomic mass is 16.5. The Balaban J connectivity index is 0.000000187. The van der Waals surface area contributed by atoms with E-state index in [0.29, 0.717) is 6.61 Å². The van der Waals surface area contributed by atoms with Crippen molar-refractivity contribution >= 4 is 5.97 Å². The summed E-state index contributed by atoms with van der Waals surface area (Å²) in [6.45, 7) is 2.05. The molecule has 3 heteroatoms. The maximum atomic E-state index is 10.2. The summed E-state index contributed by atoms with van der Waals surface area (Å²) in [6.07, 6.45) is 5.23. The van der Waals surface area contributed by atoms with Crippen LogP contribution >= 0.6 is 0 Å². The molecule has 1 aromatic carbocycles. The van der Waals surface area contributed by atoms with E-state index in [1.54, 1.807) is 24.1 Å². The minimum absolute atomic E-state index is 0.145. The lowest BCUT2D eigenvalue weighted by Crippen LogP contribution is -2.01. The van der Waals surface area contributed by atoms with E-state index in [-0.39, 0.29) is 6.42 Å². The number of hydrogen-bond donors (Lipinski definition) is 0. The summed E-state index contributed by atoms with van der Waals surface area (Å²) in [7, 11) is 0. The second kappa shape index (κ2) is 8.30. The Morgan fingerprint density at radius 1 is 1.28 bits per heavy atom. The summed E-state index contributed by atoms with van der Waals surface area (Å²) in [5.74, 6) is -0.449. The van der Waals surface area contributed by atoms with Gasteiger partial charge in [-0.1, -0.05) is 24.3 Å². The topological polar surface area (TPSA) is 50.1 Å². The molecule has 0 heterocycles. The number of esters is 1. The van der Waals surface area contributed by atoms with Crippen molar-refractivity contribution in [3.63, 3.8) is 0 Å². The van der Waals surface area contributed by atoms with Crippen LogP contribution in [0.5, 0.6) is 0 Å². The first-order valence-electron chi connectivity index (χ1n) is 6.37. The van der Waals surface area contributed by atoms with Gasteiger partial charge in [0, 0.05) is 0 Å². The molecule has 0 saturated carbocycles. The van der Waals surface area contributed by atoms with Crippen LogP contribution in [0.3, 0.4) is 0 Å². The fourth-order valence-corrected chi connectivity index (χ4v) is 1.95. The van der Waals surface area contributed by atoms with Crippen molar-refractivity contribution in [1.29, 1.82) is 5.26 Å². The molecular formula is C15H19NO2. The number of carbonyl (C=O) groups excluding carboxylic acids is 1. The van der Waals surface area contributed by atoms with Crippen LogP contribution in [0.4, 0.5) is 0 Å². The van der Waals surface area contributed by atoms with E-state index in [1.807, 2.05) is 0 Å². The van der Waals surface area contributed by atoms with Crippen molar-refractivity contribution in [1.82, 2.24) is 0 Å². The van der Waals surface area contributed by atoms with E-state index in [4.69, 9.17) is 5.26 Å². The minimum Gasteiger partial charge on any atom is -0.465 e. The monoisotopic (exact) mass is 245 g/mol. The van der Waals surface area contributed by atoms with Crippen molar-refractivity contribution in [2.75, 3.05) is 6.61 Å². The number of aryl methyl sites for hydroxylation is 2. The zero-order valence-electron chi connectivity index (χ0n) is 10.8. The maximum absolute atomic E-state index is 10.2. The molecule has 0 amide bonds. The summed E-state index contributed by atoms with van der Waals surface area (Å²) in [4.78, 5) is 10.2. The predicted octanol–water partition coefficient (Wildman–Crippen LogP) is 3.03. The van der Waals surface area contributed by atoms with E-state index >= 15 is 0 Å². The largest absolute Gasteiger partial charge is 0.465 e. The molecule has 0 atom stereocenters. The number of fused-ring (bicyclic) bond motifs is 1. The van der Waals surface area contributed by atoms with Crippen molar-refractivity contribution in [3.05, 3.63) is 35.4 Å². The van der Waals surface area contributed by atoms with Gasteiger partial charge in [-0.05, 0) is 43.7 Å². The highest BCUT2D eigenvalue weighted by Crippen LogP contribution is 2.19. The second-order valence-electron chi connectivity index (χ2n) is 4.12. The average molecular weight is 245 g/mol. The Kier molecular flexibility index (Phi) is 6.56. The van der Waals surface area contributed by atoms with Crippen LogP contribution in [0.1, 0.15) is 37.3 Å².